The van der Waals surface area contributed by atoms with Crippen LogP contribution in [0.5, 0.6) is 11.5 Å². The van der Waals surface area contributed by atoms with E-state index in [1.54, 1.807) is 14.2 Å². The van der Waals surface area contributed by atoms with Crippen molar-refractivity contribution in [2.75, 3.05) is 52.4 Å². The van der Waals surface area contributed by atoms with Crippen molar-refractivity contribution in [1.82, 2.24) is 10.6 Å². The van der Waals surface area contributed by atoms with Gasteiger partial charge in [0.1, 0.15) is 11.5 Å². The standard InChI is InChI=1S/C20H32N4O3.HI/c1-21-20(22-8-6-17-5-4-10-27-17)23-15-7-9-24(14-15)16-11-18(25-2)13-19(12-16)26-3;/h11-13,15,17H,4-10,14H2,1-3H3,(H2,21,22,23);1H. The molecule has 158 valence electrons. The summed E-state index contributed by atoms with van der Waals surface area (Å²) in [6, 6.07) is 6.37. The second-order valence-corrected chi connectivity index (χ2v) is 7.07. The van der Waals surface area contributed by atoms with Gasteiger partial charge >= 0.3 is 0 Å². The summed E-state index contributed by atoms with van der Waals surface area (Å²) in [5.41, 5.74) is 1.12. The van der Waals surface area contributed by atoms with Crippen LogP contribution in [0.15, 0.2) is 23.2 Å². The number of anilines is 1. The summed E-state index contributed by atoms with van der Waals surface area (Å²) in [5.74, 6) is 2.49. The molecular weight excluding hydrogens is 471 g/mol. The van der Waals surface area contributed by atoms with Gasteiger partial charge in [0.2, 0.25) is 0 Å². The smallest absolute Gasteiger partial charge is 0.191 e. The average Bonchev–Trinajstić information content (AvgIpc) is 3.38. The molecule has 2 unspecified atom stereocenters. The Labute approximate surface area is 185 Å². The van der Waals surface area contributed by atoms with Gasteiger partial charge in [-0.25, -0.2) is 0 Å². The zero-order valence-corrected chi connectivity index (χ0v) is 19.4. The van der Waals surface area contributed by atoms with Gasteiger partial charge in [0, 0.05) is 63.2 Å². The molecule has 0 bridgehead atoms. The van der Waals surface area contributed by atoms with Gasteiger partial charge in [0.25, 0.3) is 0 Å². The zero-order chi connectivity index (χ0) is 19.1. The molecule has 2 aliphatic rings. The van der Waals surface area contributed by atoms with Crippen molar-refractivity contribution in [3.05, 3.63) is 18.2 Å². The minimum absolute atomic E-state index is 0. The lowest BCUT2D eigenvalue weighted by atomic mass is 10.2. The van der Waals surface area contributed by atoms with E-state index in [0.717, 1.165) is 62.2 Å². The summed E-state index contributed by atoms with van der Waals surface area (Å²) in [5, 5.41) is 6.96. The van der Waals surface area contributed by atoms with E-state index in [-0.39, 0.29) is 24.0 Å². The predicted molar refractivity (Wildman–Crippen MR) is 124 cm³/mol. The van der Waals surface area contributed by atoms with Crippen LogP contribution in [-0.2, 0) is 4.74 Å². The highest BCUT2D eigenvalue weighted by Gasteiger charge is 2.24. The van der Waals surface area contributed by atoms with Gasteiger partial charge in [0.05, 0.1) is 20.3 Å². The average molecular weight is 504 g/mol. The summed E-state index contributed by atoms with van der Waals surface area (Å²) in [4.78, 5) is 6.71. The minimum Gasteiger partial charge on any atom is -0.497 e. The van der Waals surface area contributed by atoms with Crippen molar-refractivity contribution in [1.29, 1.82) is 0 Å². The summed E-state index contributed by atoms with van der Waals surface area (Å²) in [6.45, 7) is 3.70. The molecule has 1 aromatic carbocycles. The molecule has 0 aromatic heterocycles. The second kappa shape index (κ2) is 11.5. The van der Waals surface area contributed by atoms with Crippen LogP contribution in [0.25, 0.3) is 0 Å². The van der Waals surface area contributed by atoms with Gasteiger partial charge in [-0.3, -0.25) is 4.99 Å². The highest BCUT2D eigenvalue weighted by Crippen LogP contribution is 2.30. The van der Waals surface area contributed by atoms with Gasteiger partial charge in [0.15, 0.2) is 5.96 Å². The molecule has 0 radical (unpaired) electrons. The number of hydrogen-bond acceptors (Lipinski definition) is 5. The number of aliphatic imine (C=N–C) groups is 1. The molecule has 1 aromatic rings. The largest absolute Gasteiger partial charge is 0.497 e. The first kappa shape index (κ1) is 22.9. The van der Waals surface area contributed by atoms with Crippen molar-refractivity contribution in [3.8, 4) is 11.5 Å². The lowest BCUT2D eigenvalue weighted by Crippen LogP contribution is -2.45. The van der Waals surface area contributed by atoms with Crippen LogP contribution in [-0.4, -0.2) is 65.6 Å². The third kappa shape index (κ3) is 6.30. The number of nitrogens with one attached hydrogen (secondary N) is 2. The zero-order valence-electron chi connectivity index (χ0n) is 17.1. The van der Waals surface area contributed by atoms with Crippen LogP contribution in [0, 0.1) is 0 Å². The monoisotopic (exact) mass is 504 g/mol. The molecule has 2 aliphatic heterocycles. The van der Waals surface area contributed by atoms with E-state index in [1.807, 2.05) is 13.1 Å². The number of rotatable bonds is 7. The number of hydrogen-bond donors (Lipinski definition) is 2. The Balaban J connectivity index is 0.00000280. The normalized spacial score (nSPS) is 22.0. The molecule has 0 spiro atoms. The molecule has 2 fully saturated rings. The predicted octanol–water partition coefficient (Wildman–Crippen LogP) is 2.63. The number of nitrogens with zero attached hydrogens (tertiary/aromatic N) is 2. The number of halogens is 1. The number of guanidine groups is 1. The van der Waals surface area contributed by atoms with Crippen LogP contribution in [0.3, 0.4) is 0 Å². The lowest BCUT2D eigenvalue weighted by molar-refractivity contribution is 0.105. The molecule has 2 N–H and O–H groups in total. The van der Waals surface area contributed by atoms with Gasteiger partial charge in [-0.1, -0.05) is 0 Å². The second-order valence-electron chi connectivity index (χ2n) is 7.07. The molecule has 2 saturated heterocycles. The third-order valence-electron chi connectivity index (χ3n) is 5.24. The highest BCUT2D eigenvalue weighted by molar-refractivity contribution is 14.0. The van der Waals surface area contributed by atoms with E-state index in [2.05, 4.69) is 32.7 Å². The van der Waals surface area contributed by atoms with Gasteiger partial charge in [-0.05, 0) is 25.7 Å². The quantitative estimate of drug-likeness (QED) is 0.338. The van der Waals surface area contributed by atoms with Gasteiger partial charge in [-0.15, -0.1) is 24.0 Å². The molecule has 0 amide bonds. The van der Waals surface area contributed by atoms with Crippen molar-refractivity contribution >= 4 is 35.6 Å². The van der Waals surface area contributed by atoms with Gasteiger partial charge < -0.3 is 29.7 Å². The number of ether oxygens (including phenoxy) is 3. The molecule has 3 rings (SSSR count). The first-order valence-corrected chi connectivity index (χ1v) is 9.78. The van der Waals surface area contributed by atoms with E-state index >= 15 is 0 Å². The fourth-order valence-electron chi connectivity index (χ4n) is 3.70. The van der Waals surface area contributed by atoms with Crippen LogP contribution in [0.1, 0.15) is 25.7 Å². The van der Waals surface area contributed by atoms with E-state index < -0.39 is 0 Å². The van der Waals surface area contributed by atoms with E-state index in [9.17, 15) is 0 Å². The third-order valence-corrected chi connectivity index (χ3v) is 5.24. The first-order chi connectivity index (χ1) is 13.2. The van der Waals surface area contributed by atoms with Gasteiger partial charge in [-0.2, -0.15) is 0 Å². The van der Waals surface area contributed by atoms with Crippen molar-refractivity contribution in [2.24, 2.45) is 4.99 Å². The summed E-state index contributed by atoms with van der Waals surface area (Å²) in [7, 11) is 5.18. The molecule has 0 aliphatic carbocycles. The minimum atomic E-state index is 0. The molecule has 7 nitrogen and oxygen atoms in total. The molecule has 2 atom stereocenters. The van der Waals surface area contributed by atoms with E-state index in [1.165, 1.54) is 12.8 Å². The SMILES string of the molecule is CN=C(NCCC1CCCO1)NC1CCN(c2cc(OC)cc(OC)c2)C1.I. The number of methoxy groups -OCH3 is 2. The number of benzene rings is 1. The van der Waals surface area contributed by atoms with Crippen LogP contribution < -0.4 is 25.0 Å². The van der Waals surface area contributed by atoms with Crippen molar-refractivity contribution in [2.45, 2.75) is 37.8 Å². The fraction of sp³-hybridized carbons (Fsp3) is 0.650. The van der Waals surface area contributed by atoms with Crippen molar-refractivity contribution < 1.29 is 14.2 Å². The molecule has 28 heavy (non-hydrogen) atoms. The van der Waals surface area contributed by atoms with Crippen molar-refractivity contribution in [3.63, 3.8) is 0 Å². The summed E-state index contributed by atoms with van der Waals surface area (Å²) >= 11 is 0. The maximum absolute atomic E-state index is 5.68. The topological polar surface area (TPSA) is 67.4 Å². The van der Waals surface area contributed by atoms with Crippen LogP contribution in [0.2, 0.25) is 0 Å². The first-order valence-electron chi connectivity index (χ1n) is 9.78. The molecule has 0 saturated carbocycles. The Hall–Kier alpha value is -1.42. The molecular formula is C20H33IN4O3. The highest BCUT2D eigenvalue weighted by atomic mass is 127. The van der Waals surface area contributed by atoms with E-state index in [4.69, 9.17) is 14.2 Å². The maximum Gasteiger partial charge on any atom is 0.191 e. The Kier molecular flexibility index (Phi) is 9.43. The van der Waals surface area contributed by atoms with Crippen LogP contribution in [0.4, 0.5) is 5.69 Å². The lowest BCUT2D eigenvalue weighted by Gasteiger charge is -2.21. The fourth-order valence-corrected chi connectivity index (χ4v) is 3.70. The Morgan fingerprint density at radius 3 is 2.57 bits per heavy atom. The molecule has 8 heteroatoms. The molecule has 2 heterocycles. The summed E-state index contributed by atoms with van der Waals surface area (Å²) < 4.78 is 16.5. The maximum atomic E-state index is 5.68. The summed E-state index contributed by atoms with van der Waals surface area (Å²) in [6.07, 6.45) is 4.85. The Morgan fingerprint density at radius 1 is 1.21 bits per heavy atom. The Morgan fingerprint density at radius 2 is 1.96 bits per heavy atom. The Bertz CT molecular complexity index is 616. The van der Waals surface area contributed by atoms with E-state index in [0.29, 0.717) is 12.1 Å². The van der Waals surface area contributed by atoms with Crippen LogP contribution >= 0.6 is 24.0 Å².